The number of oxime groups is 1. The van der Waals surface area contributed by atoms with Gasteiger partial charge in [-0.05, 0) is 11.1 Å². The molecule has 0 radical (unpaired) electrons. The normalized spacial score (nSPS) is 21.2. The zero-order valence-electron chi connectivity index (χ0n) is 24.2. The summed E-state index contributed by atoms with van der Waals surface area (Å²) in [5.74, 6) is -4.05. The van der Waals surface area contributed by atoms with E-state index >= 15 is 0 Å². The van der Waals surface area contributed by atoms with Gasteiger partial charge < -0.3 is 35.8 Å². The Morgan fingerprint density at radius 3 is 2.28 bits per heavy atom. The Morgan fingerprint density at radius 1 is 1.11 bits per heavy atom. The number of carbonyl (C=O) groups excluding carboxylic acids is 5. The van der Waals surface area contributed by atoms with Crippen LogP contribution in [0.5, 0.6) is 0 Å². The van der Waals surface area contributed by atoms with Crippen LogP contribution in [0.25, 0.3) is 0 Å². The van der Waals surface area contributed by atoms with Gasteiger partial charge in [0.2, 0.25) is 0 Å². The molecule has 5 rings (SSSR count). The largest absolute Gasteiger partial charge is 0.448 e. The minimum absolute atomic E-state index is 0.0219. The van der Waals surface area contributed by atoms with Gasteiger partial charge in [0.1, 0.15) is 26.0 Å². The van der Waals surface area contributed by atoms with Gasteiger partial charge in [-0.2, -0.15) is 5.06 Å². The highest BCUT2D eigenvalue weighted by Crippen LogP contribution is 2.39. The number of benzene rings is 2. The number of amides is 3. The number of carbonyl (C=O) groups is 5. The van der Waals surface area contributed by atoms with E-state index < -0.39 is 60.4 Å². The van der Waals surface area contributed by atoms with E-state index in [9.17, 15) is 24.0 Å². The molecule has 240 valence electrons. The van der Waals surface area contributed by atoms with Crippen molar-refractivity contribution in [2.24, 2.45) is 10.9 Å². The molecule has 3 heterocycles. The summed E-state index contributed by atoms with van der Waals surface area (Å²) in [5, 5.41) is 8.20. The molecule has 3 amide bonds. The third-order valence-electron chi connectivity index (χ3n) is 7.04. The van der Waals surface area contributed by atoms with Crippen LogP contribution in [-0.2, 0) is 43.1 Å². The van der Waals surface area contributed by atoms with Crippen LogP contribution in [0.4, 0.5) is 9.93 Å². The van der Waals surface area contributed by atoms with Crippen LogP contribution in [0.2, 0.25) is 0 Å². The van der Waals surface area contributed by atoms with Crippen molar-refractivity contribution < 1.29 is 47.9 Å². The fourth-order valence-corrected chi connectivity index (χ4v) is 5.41. The number of nitrogens with zero attached hydrogens (tertiary/aromatic N) is 3. The van der Waals surface area contributed by atoms with Gasteiger partial charge in [0.05, 0.1) is 6.42 Å². The van der Waals surface area contributed by atoms with Crippen LogP contribution in [0, 0.1) is 0 Å². The summed E-state index contributed by atoms with van der Waals surface area (Å²) in [6, 6.07) is 17.6. The van der Waals surface area contributed by atoms with E-state index in [0.717, 1.165) is 11.3 Å². The van der Waals surface area contributed by atoms with Crippen LogP contribution < -0.4 is 16.8 Å². The second-order valence-electron chi connectivity index (χ2n) is 10.1. The van der Waals surface area contributed by atoms with E-state index in [0.29, 0.717) is 16.2 Å². The number of cyclic esters (lactones) is 1. The average Bonchev–Trinajstić information content (AvgIpc) is 3.75. The quantitative estimate of drug-likeness (QED) is 0.115. The average molecular weight is 653 g/mol. The van der Waals surface area contributed by atoms with Crippen molar-refractivity contribution in [1.82, 2.24) is 15.4 Å². The highest BCUT2D eigenvalue weighted by molar-refractivity contribution is 7.13. The van der Waals surface area contributed by atoms with Gasteiger partial charge in [0, 0.05) is 11.8 Å². The maximum atomic E-state index is 14.2. The number of ether oxygens (including phenoxy) is 3. The number of nitrogen functional groups attached to an aromatic ring is 1. The fraction of sp³-hybridized carbons (Fsp3) is 0.276. The molecular weight excluding hydrogens is 624 g/mol. The number of anilines is 1. The Morgan fingerprint density at radius 2 is 1.76 bits per heavy atom. The van der Waals surface area contributed by atoms with Crippen molar-refractivity contribution in [3.05, 3.63) is 82.9 Å². The summed E-state index contributed by atoms with van der Waals surface area (Å²) in [6.45, 7) is -1.52. The lowest BCUT2D eigenvalue weighted by Gasteiger charge is -2.35. The molecule has 0 aliphatic carbocycles. The van der Waals surface area contributed by atoms with Crippen LogP contribution >= 0.6 is 11.3 Å². The molecule has 2 aliphatic rings. The molecule has 1 aromatic heterocycles. The first-order valence-electron chi connectivity index (χ1n) is 13.7. The molecule has 2 unspecified atom stereocenters. The minimum Gasteiger partial charge on any atom is -0.448 e. The molecular formula is C29H28N6O10S. The Hall–Kier alpha value is -5.55. The zero-order valence-corrected chi connectivity index (χ0v) is 25.1. The third-order valence-corrected chi connectivity index (χ3v) is 7.71. The summed E-state index contributed by atoms with van der Waals surface area (Å²) in [6.07, 6.45) is -2.85. The van der Waals surface area contributed by atoms with Gasteiger partial charge in [0.15, 0.2) is 22.5 Å². The lowest BCUT2D eigenvalue weighted by atomic mass is 9.98. The van der Waals surface area contributed by atoms with Gasteiger partial charge in [-0.1, -0.05) is 65.8 Å². The van der Waals surface area contributed by atoms with E-state index in [1.54, 1.807) is 60.7 Å². The van der Waals surface area contributed by atoms with E-state index in [4.69, 9.17) is 35.4 Å². The Bertz CT molecular complexity index is 1630. The summed E-state index contributed by atoms with van der Waals surface area (Å²) < 4.78 is 16.4. The van der Waals surface area contributed by atoms with Gasteiger partial charge in [-0.15, -0.1) is 11.3 Å². The molecule has 2 saturated heterocycles. The molecule has 5 N–H and O–H groups in total. The topological polar surface area (TPSA) is 224 Å². The van der Waals surface area contributed by atoms with E-state index in [-0.39, 0.29) is 29.4 Å². The number of hydrogen-bond acceptors (Lipinski definition) is 14. The maximum Gasteiger partial charge on any atom is 0.404 e. The number of nitrogens with one attached hydrogen (secondary N) is 1. The van der Waals surface area contributed by atoms with Gasteiger partial charge in [-0.25, -0.2) is 14.6 Å². The number of esters is 2. The summed E-state index contributed by atoms with van der Waals surface area (Å²) in [7, 11) is 1.18. The Balaban J connectivity index is 1.48. The molecule has 0 bridgehead atoms. The summed E-state index contributed by atoms with van der Waals surface area (Å²) >= 11 is 1.02. The third kappa shape index (κ3) is 6.31. The standard InChI is InChI=1S/C29H28N6O10S/c1-41-34-21(19-14-46-26(30)32-19)23(37)33-28(15-42-27(31)40)16-43-35(24(28)38)29(13-12-20(36)45-29)25(39)44-22(17-8-4-2-5-9-17)18-10-6-3-7-11-18/h2-11,14,22H,12-13,15-16H2,1H3,(H2,30,32)(H2,31,40)(H,33,37)/b34-21-. The molecule has 3 aromatic rings. The van der Waals surface area contributed by atoms with Gasteiger partial charge in [0.25, 0.3) is 11.8 Å². The number of rotatable bonds is 11. The summed E-state index contributed by atoms with van der Waals surface area (Å²) in [5.41, 5.74) is 7.13. The van der Waals surface area contributed by atoms with Crippen LogP contribution in [0.1, 0.15) is 35.8 Å². The predicted molar refractivity (Wildman–Crippen MR) is 158 cm³/mol. The molecule has 2 fully saturated rings. The smallest absolute Gasteiger partial charge is 0.404 e. The van der Waals surface area contributed by atoms with E-state index in [2.05, 4.69) is 15.5 Å². The molecule has 2 aliphatic heterocycles. The van der Waals surface area contributed by atoms with E-state index in [1.807, 2.05) is 0 Å². The van der Waals surface area contributed by atoms with Crippen LogP contribution in [0.3, 0.4) is 0 Å². The lowest BCUT2D eigenvalue weighted by molar-refractivity contribution is -0.260. The highest BCUT2D eigenvalue weighted by atomic mass is 32.1. The lowest BCUT2D eigenvalue weighted by Crippen LogP contribution is -2.64. The van der Waals surface area contributed by atoms with Crippen molar-refractivity contribution in [2.45, 2.75) is 30.2 Å². The molecule has 2 atom stereocenters. The number of hydrogen-bond donors (Lipinski definition) is 3. The Kier molecular flexibility index (Phi) is 9.15. The van der Waals surface area contributed by atoms with Crippen molar-refractivity contribution in [2.75, 3.05) is 26.1 Å². The number of hydroxylamine groups is 2. The second kappa shape index (κ2) is 13.2. The fourth-order valence-electron chi connectivity index (χ4n) is 4.86. The number of primary amides is 1. The first-order chi connectivity index (χ1) is 22.1. The molecule has 17 heteroatoms. The van der Waals surface area contributed by atoms with Crippen LogP contribution in [-0.4, -0.2) is 77.2 Å². The van der Waals surface area contributed by atoms with Gasteiger partial charge in [-0.3, -0.25) is 19.2 Å². The summed E-state index contributed by atoms with van der Waals surface area (Å²) in [4.78, 5) is 80.3. The maximum absolute atomic E-state index is 14.2. The van der Waals surface area contributed by atoms with Crippen molar-refractivity contribution >= 4 is 52.0 Å². The highest BCUT2D eigenvalue weighted by Gasteiger charge is 2.64. The number of aromatic nitrogens is 1. The number of thiazole rings is 1. The van der Waals surface area contributed by atoms with Crippen molar-refractivity contribution in [3.8, 4) is 0 Å². The SMILES string of the molecule is CO/N=C(\C(=O)NC1(COC(N)=O)CON(C2(C(=O)OC(c3ccccc3)c3ccccc3)CCC(=O)O2)C1=O)c1csc(N)n1. The Labute approximate surface area is 265 Å². The van der Waals surface area contributed by atoms with Crippen molar-refractivity contribution in [1.29, 1.82) is 0 Å². The molecule has 16 nitrogen and oxygen atoms in total. The van der Waals surface area contributed by atoms with E-state index in [1.165, 1.54) is 12.5 Å². The molecule has 46 heavy (non-hydrogen) atoms. The van der Waals surface area contributed by atoms with Gasteiger partial charge >= 0.3 is 23.8 Å². The first kappa shape index (κ1) is 31.9. The van der Waals surface area contributed by atoms with Crippen LogP contribution in [0.15, 0.2) is 71.2 Å². The predicted octanol–water partition coefficient (Wildman–Crippen LogP) is 1.17. The van der Waals surface area contributed by atoms with Crippen molar-refractivity contribution in [3.63, 3.8) is 0 Å². The zero-order chi connectivity index (χ0) is 32.9. The monoisotopic (exact) mass is 652 g/mol. The second-order valence-corrected chi connectivity index (χ2v) is 11.0. The minimum atomic E-state index is -2.40. The molecule has 0 spiro atoms. The molecule has 2 aromatic carbocycles. The first-order valence-corrected chi connectivity index (χ1v) is 14.5. The number of nitrogens with two attached hydrogens (primary N) is 2. The molecule has 0 saturated carbocycles.